The molecule has 0 spiro atoms. The zero-order valence-electron chi connectivity index (χ0n) is 12.2. The van der Waals surface area contributed by atoms with E-state index >= 15 is 0 Å². The van der Waals surface area contributed by atoms with Gasteiger partial charge < -0.3 is 14.8 Å². The summed E-state index contributed by atoms with van der Waals surface area (Å²) in [4.78, 5) is 0. The number of likely N-dealkylation sites (N-methyl/N-ethyl adjacent to an activating group) is 1. The van der Waals surface area contributed by atoms with Crippen molar-refractivity contribution in [2.75, 3.05) is 20.3 Å². The number of rotatable bonds is 8. The minimum Gasteiger partial charge on any atom is -0.494 e. The van der Waals surface area contributed by atoms with Gasteiger partial charge in [0.05, 0.1) is 18.8 Å². The first-order chi connectivity index (χ1) is 9.31. The third-order valence-electron chi connectivity index (χ3n) is 3.64. The molecule has 2 unspecified atom stereocenters. The van der Waals surface area contributed by atoms with Gasteiger partial charge in [0.25, 0.3) is 0 Å². The van der Waals surface area contributed by atoms with Gasteiger partial charge in [-0.2, -0.15) is 0 Å². The molecule has 0 radical (unpaired) electrons. The van der Waals surface area contributed by atoms with Crippen LogP contribution in [0.15, 0.2) is 24.3 Å². The highest BCUT2D eigenvalue weighted by molar-refractivity contribution is 5.37. The fourth-order valence-electron chi connectivity index (χ4n) is 2.64. The lowest BCUT2D eigenvalue weighted by Crippen LogP contribution is -2.33. The van der Waals surface area contributed by atoms with Gasteiger partial charge in [0.1, 0.15) is 5.75 Å². The Kier molecular flexibility index (Phi) is 5.23. The minimum absolute atomic E-state index is 0.204. The van der Waals surface area contributed by atoms with Crippen LogP contribution in [0, 0.1) is 5.92 Å². The summed E-state index contributed by atoms with van der Waals surface area (Å²) < 4.78 is 11.7. The average Bonchev–Trinajstić information content (AvgIpc) is 3.25. The summed E-state index contributed by atoms with van der Waals surface area (Å²) in [6, 6.07) is 8.47. The maximum Gasteiger partial charge on any atom is 0.124 e. The standard InChI is InChI=1S/C16H25NO2/c1-4-18-14-9-7-6-8-13(14)15(17-3)16(19-5-2)12-10-11-12/h6-9,12,15-17H,4-5,10-11H2,1-3H3. The summed E-state index contributed by atoms with van der Waals surface area (Å²) in [5, 5.41) is 3.42. The van der Waals surface area contributed by atoms with Gasteiger partial charge in [-0.05, 0) is 45.7 Å². The second kappa shape index (κ2) is 6.92. The highest BCUT2D eigenvalue weighted by Gasteiger charge is 2.38. The lowest BCUT2D eigenvalue weighted by molar-refractivity contribution is 0.0198. The van der Waals surface area contributed by atoms with Crippen molar-refractivity contribution in [1.29, 1.82) is 0 Å². The molecule has 1 saturated carbocycles. The molecule has 0 bridgehead atoms. The Hall–Kier alpha value is -1.06. The Balaban J connectivity index is 2.24. The molecule has 3 heteroatoms. The number of para-hydroxylation sites is 1. The van der Waals surface area contributed by atoms with Crippen LogP contribution in [0.3, 0.4) is 0 Å². The number of hydrogen-bond donors (Lipinski definition) is 1. The molecule has 1 fully saturated rings. The smallest absolute Gasteiger partial charge is 0.124 e. The Morgan fingerprint density at radius 1 is 1.21 bits per heavy atom. The van der Waals surface area contributed by atoms with Gasteiger partial charge in [0, 0.05) is 12.2 Å². The van der Waals surface area contributed by atoms with Gasteiger partial charge in [0.15, 0.2) is 0 Å². The van der Waals surface area contributed by atoms with Gasteiger partial charge >= 0.3 is 0 Å². The average molecular weight is 263 g/mol. The molecule has 2 rings (SSSR count). The number of ether oxygens (including phenoxy) is 2. The predicted octanol–water partition coefficient (Wildman–Crippen LogP) is 3.16. The van der Waals surface area contributed by atoms with Crippen LogP contribution in [0.5, 0.6) is 5.75 Å². The monoisotopic (exact) mass is 263 g/mol. The first kappa shape index (κ1) is 14.4. The van der Waals surface area contributed by atoms with Crippen molar-refractivity contribution in [3.05, 3.63) is 29.8 Å². The van der Waals surface area contributed by atoms with Crippen LogP contribution in [-0.2, 0) is 4.74 Å². The number of hydrogen-bond acceptors (Lipinski definition) is 3. The van der Waals surface area contributed by atoms with E-state index in [2.05, 4.69) is 24.4 Å². The van der Waals surface area contributed by atoms with E-state index in [-0.39, 0.29) is 12.1 Å². The molecule has 106 valence electrons. The summed E-state index contributed by atoms with van der Waals surface area (Å²) in [7, 11) is 2.00. The lowest BCUT2D eigenvalue weighted by Gasteiger charge is -2.28. The Labute approximate surface area is 116 Å². The lowest BCUT2D eigenvalue weighted by atomic mass is 9.97. The van der Waals surface area contributed by atoms with Crippen molar-refractivity contribution < 1.29 is 9.47 Å². The molecule has 1 N–H and O–H groups in total. The molecule has 1 aliphatic carbocycles. The van der Waals surface area contributed by atoms with E-state index in [1.54, 1.807) is 0 Å². The molecule has 0 aliphatic heterocycles. The van der Waals surface area contributed by atoms with E-state index in [1.165, 1.54) is 18.4 Å². The Bertz CT molecular complexity index is 390. The molecular formula is C16H25NO2. The van der Waals surface area contributed by atoms with E-state index in [0.29, 0.717) is 12.5 Å². The second-order valence-electron chi connectivity index (χ2n) is 4.99. The van der Waals surface area contributed by atoms with Gasteiger partial charge in [-0.25, -0.2) is 0 Å². The van der Waals surface area contributed by atoms with Gasteiger partial charge in [-0.1, -0.05) is 18.2 Å². The molecule has 19 heavy (non-hydrogen) atoms. The summed E-state index contributed by atoms with van der Waals surface area (Å²) >= 11 is 0. The third-order valence-corrected chi connectivity index (χ3v) is 3.64. The zero-order valence-corrected chi connectivity index (χ0v) is 12.2. The molecule has 0 aromatic heterocycles. The molecule has 0 heterocycles. The summed E-state index contributed by atoms with van der Waals surface area (Å²) in [5.41, 5.74) is 1.21. The number of benzene rings is 1. The maximum absolute atomic E-state index is 5.99. The molecule has 2 atom stereocenters. The maximum atomic E-state index is 5.99. The SMILES string of the molecule is CCOc1ccccc1C(NC)C(OCC)C1CC1. The van der Waals surface area contributed by atoms with Crippen LogP contribution in [0.1, 0.15) is 38.3 Å². The molecule has 0 amide bonds. The van der Waals surface area contributed by atoms with Crippen LogP contribution in [-0.4, -0.2) is 26.4 Å². The molecular weight excluding hydrogens is 238 g/mol. The highest BCUT2D eigenvalue weighted by atomic mass is 16.5. The van der Waals surface area contributed by atoms with E-state index in [0.717, 1.165) is 12.4 Å². The van der Waals surface area contributed by atoms with Gasteiger partial charge in [0.2, 0.25) is 0 Å². The first-order valence-corrected chi connectivity index (χ1v) is 7.32. The van der Waals surface area contributed by atoms with E-state index < -0.39 is 0 Å². The third kappa shape index (κ3) is 3.48. The molecule has 1 aromatic rings. The molecule has 3 nitrogen and oxygen atoms in total. The highest BCUT2D eigenvalue weighted by Crippen LogP contribution is 2.41. The van der Waals surface area contributed by atoms with Crippen molar-refractivity contribution >= 4 is 0 Å². The van der Waals surface area contributed by atoms with Crippen molar-refractivity contribution in [1.82, 2.24) is 5.32 Å². The number of nitrogens with one attached hydrogen (secondary N) is 1. The largest absolute Gasteiger partial charge is 0.494 e. The second-order valence-corrected chi connectivity index (χ2v) is 4.99. The van der Waals surface area contributed by atoms with Crippen molar-refractivity contribution in [3.63, 3.8) is 0 Å². The van der Waals surface area contributed by atoms with Crippen LogP contribution < -0.4 is 10.1 Å². The molecule has 1 aliphatic rings. The molecule has 0 saturated heterocycles. The normalized spacial score (nSPS) is 18.1. The predicted molar refractivity (Wildman–Crippen MR) is 77.5 cm³/mol. The van der Waals surface area contributed by atoms with Crippen molar-refractivity contribution in [2.24, 2.45) is 5.92 Å². The minimum atomic E-state index is 0.204. The van der Waals surface area contributed by atoms with Crippen LogP contribution in [0.25, 0.3) is 0 Å². The fraction of sp³-hybridized carbons (Fsp3) is 0.625. The van der Waals surface area contributed by atoms with E-state index in [9.17, 15) is 0 Å². The van der Waals surface area contributed by atoms with Crippen molar-refractivity contribution in [2.45, 2.75) is 38.8 Å². The molecule has 1 aromatic carbocycles. The van der Waals surface area contributed by atoms with E-state index in [4.69, 9.17) is 9.47 Å². The topological polar surface area (TPSA) is 30.5 Å². The summed E-state index contributed by atoms with van der Waals surface area (Å²) in [6.45, 7) is 5.54. The van der Waals surface area contributed by atoms with Gasteiger partial charge in [-0.3, -0.25) is 0 Å². The van der Waals surface area contributed by atoms with Crippen LogP contribution >= 0.6 is 0 Å². The summed E-state index contributed by atoms with van der Waals surface area (Å²) in [5.74, 6) is 1.65. The fourth-order valence-corrected chi connectivity index (χ4v) is 2.64. The zero-order chi connectivity index (χ0) is 13.7. The van der Waals surface area contributed by atoms with Crippen LogP contribution in [0.4, 0.5) is 0 Å². The van der Waals surface area contributed by atoms with Crippen molar-refractivity contribution in [3.8, 4) is 5.75 Å². The Morgan fingerprint density at radius 3 is 2.53 bits per heavy atom. The van der Waals surface area contributed by atoms with E-state index in [1.807, 2.05) is 26.1 Å². The Morgan fingerprint density at radius 2 is 1.95 bits per heavy atom. The quantitative estimate of drug-likeness (QED) is 0.781. The van der Waals surface area contributed by atoms with Crippen LogP contribution in [0.2, 0.25) is 0 Å². The van der Waals surface area contributed by atoms with Gasteiger partial charge in [-0.15, -0.1) is 0 Å². The summed E-state index contributed by atoms with van der Waals surface area (Å²) in [6.07, 6.45) is 2.80. The first-order valence-electron chi connectivity index (χ1n) is 7.32.